The second-order valence-electron chi connectivity index (χ2n) is 13.7. The number of nitrogens with zero attached hydrogens (tertiary/aromatic N) is 5. The molecule has 0 amide bonds. The minimum absolute atomic E-state index is 0.0558. The molecule has 0 atom stereocenters. The Balaban J connectivity index is 1.12. The Labute approximate surface area is 340 Å². The molecule has 0 aliphatic carbocycles. The quantitative estimate of drug-likeness (QED) is 0.176. The van der Waals surface area contributed by atoms with E-state index >= 15 is 0 Å². The zero-order valence-electron chi connectivity index (χ0n) is 39.8. The molecule has 6 heteroatoms. The number of furan rings is 1. The SMILES string of the molecule is [2H]c1c([2H])c([2H])c(-c2nc(-c3ccc4c(c3)oc3cccc(-n5c6ccccc6c6ccc7c8ccccc8n(-c8ccccc8)c7c65)c34)nc(-c3c([2H])c([2H])c([2H])c([2H])c3[2H])n2)c([2H])c1[2H]. The number of benzene rings is 8. The third kappa shape index (κ3) is 4.81. The van der Waals surface area contributed by atoms with Gasteiger partial charge in [-0.1, -0.05) is 139 Å². The fourth-order valence-corrected chi connectivity index (χ4v) is 8.18. The van der Waals surface area contributed by atoms with Crippen molar-refractivity contribution in [1.29, 1.82) is 0 Å². The zero-order chi connectivity index (χ0) is 46.2. The molecule has 0 aliphatic rings. The second-order valence-corrected chi connectivity index (χ2v) is 13.7. The smallest absolute Gasteiger partial charge is 0.164 e. The van der Waals surface area contributed by atoms with E-state index in [0.29, 0.717) is 16.7 Å². The fourth-order valence-electron chi connectivity index (χ4n) is 8.18. The molecule has 0 fully saturated rings. The molecular formula is C51H31N5O. The molecule has 4 aromatic heterocycles. The number of rotatable bonds is 5. The standard InChI is InChI=1S/C51H31N5O/c1-4-15-32(16-5-1)49-52-50(33-17-6-2-7-18-33)54-51(53-49)34-27-28-40-45(31-34)57-44-26-14-25-43(46(40)44)56-42-24-13-11-22-37(42)39-30-29-38-36-21-10-12-23-41(36)55(47(38)48(39)56)35-19-8-3-9-20-35/h1-31H/i1D,2D,4D,5D,6D,7D,15D,16D,17D,18D. The first kappa shape index (κ1) is 23.2. The summed E-state index contributed by atoms with van der Waals surface area (Å²) in [5.41, 5.74) is 6.78. The fraction of sp³-hybridized carbons (Fsp3) is 0. The largest absolute Gasteiger partial charge is 0.456 e. The molecule has 12 rings (SSSR count). The average Bonchev–Trinajstić information content (AvgIpc) is 4.02. The molecule has 4 heterocycles. The Bertz CT molecular complexity index is 3980. The maximum atomic E-state index is 8.73. The summed E-state index contributed by atoms with van der Waals surface area (Å²) in [7, 11) is 0. The van der Waals surface area contributed by atoms with Gasteiger partial charge in [-0.15, -0.1) is 0 Å². The van der Waals surface area contributed by atoms with E-state index in [-0.39, 0.29) is 28.6 Å². The molecule has 0 unspecified atom stereocenters. The van der Waals surface area contributed by atoms with Gasteiger partial charge < -0.3 is 13.6 Å². The lowest BCUT2D eigenvalue weighted by molar-refractivity contribution is 0.669. The van der Waals surface area contributed by atoms with Crippen LogP contribution in [0.15, 0.2) is 192 Å². The van der Waals surface area contributed by atoms with Crippen LogP contribution in [0.1, 0.15) is 13.7 Å². The van der Waals surface area contributed by atoms with Gasteiger partial charge in [-0.25, -0.2) is 15.0 Å². The van der Waals surface area contributed by atoms with Gasteiger partial charge in [0, 0.05) is 49.3 Å². The van der Waals surface area contributed by atoms with Crippen LogP contribution in [0.4, 0.5) is 0 Å². The van der Waals surface area contributed by atoms with Gasteiger partial charge in [0.2, 0.25) is 0 Å². The summed E-state index contributed by atoms with van der Waals surface area (Å²) in [5.74, 6) is -0.748. The highest BCUT2D eigenvalue weighted by Gasteiger charge is 2.23. The maximum absolute atomic E-state index is 8.73. The van der Waals surface area contributed by atoms with Gasteiger partial charge in [0.1, 0.15) is 11.2 Å². The summed E-state index contributed by atoms with van der Waals surface area (Å²) in [6.45, 7) is 0. The summed E-state index contributed by atoms with van der Waals surface area (Å²) in [4.78, 5) is 13.7. The Morgan fingerprint density at radius 1 is 0.421 bits per heavy atom. The summed E-state index contributed by atoms with van der Waals surface area (Å²) in [6.07, 6.45) is 0. The van der Waals surface area contributed by atoms with Crippen LogP contribution in [0.25, 0.3) is 111 Å². The highest BCUT2D eigenvalue weighted by molar-refractivity contribution is 6.24. The van der Waals surface area contributed by atoms with Crippen LogP contribution >= 0.6 is 0 Å². The van der Waals surface area contributed by atoms with Crippen molar-refractivity contribution >= 4 is 65.6 Å². The first-order valence-electron chi connectivity index (χ1n) is 23.3. The van der Waals surface area contributed by atoms with Crippen molar-refractivity contribution in [2.45, 2.75) is 0 Å². The summed E-state index contributed by atoms with van der Waals surface area (Å²) >= 11 is 0. The summed E-state index contributed by atoms with van der Waals surface area (Å²) in [5, 5.41) is 5.99. The highest BCUT2D eigenvalue weighted by Crippen LogP contribution is 2.44. The van der Waals surface area contributed by atoms with Crippen molar-refractivity contribution in [3.63, 3.8) is 0 Å². The third-order valence-electron chi connectivity index (χ3n) is 10.5. The number of fused-ring (bicyclic) bond motifs is 10. The number of hydrogen-bond donors (Lipinski definition) is 0. The van der Waals surface area contributed by atoms with Gasteiger partial charge in [0.15, 0.2) is 17.5 Å². The van der Waals surface area contributed by atoms with Crippen LogP contribution in [0.5, 0.6) is 0 Å². The van der Waals surface area contributed by atoms with E-state index in [1.807, 2.05) is 48.5 Å². The van der Waals surface area contributed by atoms with Crippen LogP contribution in [0.2, 0.25) is 0 Å². The molecule has 8 aromatic carbocycles. The van der Waals surface area contributed by atoms with Crippen molar-refractivity contribution in [3.05, 3.63) is 188 Å². The van der Waals surface area contributed by atoms with Crippen LogP contribution in [-0.2, 0) is 0 Å². The predicted octanol–water partition coefficient (Wildman–Crippen LogP) is 13.0. The Morgan fingerprint density at radius 2 is 0.965 bits per heavy atom. The Kier molecular flexibility index (Phi) is 5.02. The molecule has 0 radical (unpaired) electrons. The van der Waals surface area contributed by atoms with E-state index in [9.17, 15) is 0 Å². The minimum atomic E-state index is -0.618. The molecule has 0 saturated heterocycles. The van der Waals surface area contributed by atoms with Gasteiger partial charge in [0.25, 0.3) is 0 Å². The van der Waals surface area contributed by atoms with Crippen LogP contribution in [0.3, 0.4) is 0 Å². The Hall–Kier alpha value is -7.83. The van der Waals surface area contributed by atoms with Crippen molar-refractivity contribution in [1.82, 2.24) is 24.1 Å². The molecule has 0 spiro atoms. The van der Waals surface area contributed by atoms with Crippen molar-refractivity contribution in [2.75, 3.05) is 0 Å². The van der Waals surface area contributed by atoms with E-state index in [1.54, 1.807) is 12.1 Å². The van der Waals surface area contributed by atoms with Crippen LogP contribution < -0.4 is 0 Å². The topological polar surface area (TPSA) is 61.7 Å². The lowest BCUT2D eigenvalue weighted by atomic mass is 10.1. The van der Waals surface area contributed by atoms with Crippen molar-refractivity contribution < 1.29 is 18.1 Å². The summed E-state index contributed by atoms with van der Waals surface area (Å²) < 4.78 is 96.0. The molecule has 0 aliphatic heterocycles. The second kappa shape index (κ2) is 12.3. The molecule has 266 valence electrons. The molecule has 0 bridgehead atoms. The normalized spacial score (nSPS) is 14.3. The summed E-state index contributed by atoms with van der Waals surface area (Å²) in [6, 6.07) is 36.8. The van der Waals surface area contributed by atoms with Crippen LogP contribution in [0, 0.1) is 0 Å². The van der Waals surface area contributed by atoms with Crippen molar-refractivity contribution in [3.8, 4) is 45.5 Å². The van der Waals surface area contributed by atoms with Gasteiger partial charge in [-0.3, -0.25) is 0 Å². The number of para-hydroxylation sites is 3. The van der Waals surface area contributed by atoms with Gasteiger partial charge in [-0.05, 0) is 48.5 Å². The van der Waals surface area contributed by atoms with Gasteiger partial charge in [0.05, 0.1) is 46.8 Å². The van der Waals surface area contributed by atoms with Crippen molar-refractivity contribution in [2.24, 2.45) is 0 Å². The lowest BCUT2D eigenvalue weighted by Gasteiger charge is -2.13. The zero-order valence-corrected chi connectivity index (χ0v) is 29.8. The minimum Gasteiger partial charge on any atom is -0.456 e. The first-order chi connectivity index (χ1) is 32.4. The number of hydrogen-bond acceptors (Lipinski definition) is 4. The maximum Gasteiger partial charge on any atom is 0.164 e. The first-order valence-corrected chi connectivity index (χ1v) is 18.3. The van der Waals surface area contributed by atoms with E-state index in [4.69, 9.17) is 18.1 Å². The average molecular weight is 740 g/mol. The number of aromatic nitrogens is 5. The van der Waals surface area contributed by atoms with E-state index in [1.165, 1.54) is 0 Å². The lowest BCUT2D eigenvalue weighted by Crippen LogP contribution is -2.00. The predicted molar refractivity (Wildman–Crippen MR) is 232 cm³/mol. The van der Waals surface area contributed by atoms with Gasteiger partial charge >= 0.3 is 0 Å². The molecule has 57 heavy (non-hydrogen) atoms. The van der Waals surface area contributed by atoms with E-state index in [2.05, 4.69) is 90.8 Å². The molecule has 6 nitrogen and oxygen atoms in total. The third-order valence-corrected chi connectivity index (χ3v) is 10.5. The van der Waals surface area contributed by atoms with Gasteiger partial charge in [-0.2, -0.15) is 0 Å². The molecular weight excluding hydrogens is 699 g/mol. The highest BCUT2D eigenvalue weighted by atomic mass is 16.3. The Morgan fingerprint density at radius 3 is 1.61 bits per heavy atom. The van der Waals surface area contributed by atoms with E-state index in [0.717, 1.165) is 65.8 Å². The van der Waals surface area contributed by atoms with E-state index < -0.39 is 60.4 Å². The molecule has 0 saturated carbocycles. The van der Waals surface area contributed by atoms with Crippen LogP contribution in [-0.4, -0.2) is 24.1 Å². The molecule has 0 N–H and O–H groups in total. The molecule has 12 aromatic rings. The monoisotopic (exact) mass is 739 g/mol.